The van der Waals surface area contributed by atoms with E-state index in [1.165, 1.54) is 41.1 Å². The smallest absolute Gasteiger partial charge is 0.269 e. The van der Waals surface area contributed by atoms with E-state index in [1.54, 1.807) is 0 Å². The highest BCUT2D eigenvalue weighted by atomic mass is 32.1. The van der Waals surface area contributed by atoms with Gasteiger partial charge in [0.25, 0.3) is 5.91 Å². The number of rotatable bonds is 4. The van der Waals surface area contributed by atoms with Gasteiger partial charge in [-0.2, -0.15) is 0 Å². The molecule has 0 aliphatic rings. The van der Waals surface area contributed by atoms with Gasteiger partial charge in [-0.25, -0.2) is 18.7 Å². The van der Waals surface area contributed by atoms with Crippen LogP contribution in [0.5, 0.6) is 0 Å². The molecule has 1 amide bonds. The molecule has 0 saturated carbocycles. The first-order valence-electron chi connectivity index (χ1n) is 6.74. The molecule has 0 spiro atoms. The Morgan fingerprint density at radius 1 is 1.30 bits per heavy atom. The predicted octanol–water partition coefficient (Wildman–Crippen LogP) is 4.36. The minimum Gasteiger partial charge on any atom is -0.297 e. The quantitative estimate of drug-likeness (QED) is 0.760. The second kappa shape index (κ2) is 6.51. The average molecular weight is 351 g/mol. The number of aryl methyl sites for hydroxylation is 1. The fourth-order valence-electron chi connectivity index (χ4n) is 1.93. The van der Waals surface area contributed by atoms with Crippen molar-refractivity contribution in [3.8, 4) is 11.3 Å². The lowest BCUT2D eigenvalue weighted by Gasteiger charge is -2.01. The van der Waals surface area contributed by atoms with E-state index in [2.05, 4.69) is 15.3 Å². The first-order chi connectivity index (χ1) is 11.1. The van der Waals surface area contributed by atoms with Gasteiger partial charge in [-0.3, -0.25) is 10.1 Å². The molecule has 8 heteroatoms. The molecule has 0 aliphatic carbocycles. The van der Waals surface area contributed by atoms with Gasteiger partial charge in [0.15, 0.2) is 5.13 Å². The molecule has 2 aromatic heterocycles. The largest absolute Gasteiger partial charge is 0.297 e. The first kappa shape index (κ1) is 15.7. The molecule has 0 bridgehead atoms. The van der Waals surface area contributed by atoms with E-state index in [9.17, 15) is 13.6 Å². The number of anilines is 1. The molecule has 3 rings (SSSR count). The molecule has 118 valence electrons. The summed E-state index contributed by atoms with van der Waals surface area (Å²) in [4.78, 5) is 20.8. The lowest BCUT2D eigenvalue weighted by atomic mass is 10.1. The molecule has 0 atom stereocenters. The van der Waals surface area contributed by atoms with Gasteiger partial charge in [0.05, 0.1) is 22.5 Å². The molecule has 23 heavy (non-hydrogen) atoms. The first-order valence-corrected chi connectivity index (χ1v) is 8.44. The number of benzene rings is 1. The van der Waals surface area contributed by atoms with Crippen LogP contribution in [-0.2, 0) is 6.42 Å². The van der Waals surface area contributed by atoms with Crippen LogP contribution in [0.3, 0.4) is 0 Å². The Bertz CT molecular complexity index is 840. The number of thiazole rings is 2. The number of halogens is 2. The lowest BCUT2D eigenvalue weighted by molar-refractivity contribution is 0.103. The van der Waals surface area contributed by atoms with Gasteiger partial charge in [-0.1, -0.05) is 13.0 Å². The molecule has 0 radical (unpaired) electrons. The summed E-state index contributed by atoms with van der Waals surface area (Å²) in [6.45, 7) is 1.95. The topological polar surface area (TPSA) is 54.9 Å². The Kier molecular flexibility index (Phi) is 4.44. The maximum absolute atomic E-state index is 13.7. The van der Waals surface area contributed by atoms with E-state index >= 15 is 0 Å². The Morgan fingerprint density at radius 2 is 2.04 bits per heavy atom. The number of nitrogens with zero attached hydrogens (tertiary/aromatic N) is 2. The highest BCUT2D eigenvalue weighted by Gasteiger charge is 2.16. The van der Waals surface area contributed by atoms with Gasteiger partial charge in [-0.05, 0) is 18.6 Å². The minimum absolute atomic E-state index is 0.152. The second-order valence-corrected chi connectivity index (χ2v) is 6.53. The lowest BCUT2D eigenvalue weighted by Crippen LogP contribution is -2.09. The number of amides is 1. The zero-order valence-electron chi connectivity index (χ0n) is 12.0. The molecule has 2 heterocycles. The summed E-state index contributed by atoms with van der Waals surface area (Å²) in [5.74, 6) is -1.72. The molecule has 0 saturated heterocycles. The Morgan fingerprint density at radius 3 is 2.70 bits per heavy atom. The molecule has 0 unspecified atom stereocenters. The van der Waals surface area contributed by atoms with Gasteiger partial charge in [0.2, 0.25) is 0 Å². The van der Waals surface area contributed by atoms with Crippen molar-refractivity contribution < 1.29 is 13.6 Å². The summed E-state index contributed by atoms with van der Waals surface area (Å²) in [6.07, 6.45) is 2.26. The van der Waals surface area contributed by atoms with E-state index in [-0.39, 0.29) is 22.3 Å². The molecule has 0 fully saturated rings. The van der Waals surface area contributed by atoms with Gasteiger partial charge >= 0.3 is 0 Å². The van der Waals surface area contributed by atoms with Crippen molar-refractivity contribution >= 4 is 33.7 Å². The Balaban J connectivity index is 1.81. The summed E-state index contributed by atoms with van der Waals surface area (Å²) < 4.78 is 27.5. The average Bonchev–Trinajstić information content (AvgIpc) is 3.16. The molecular weight excluding hydrogens is 340 g/mol. The van der Waals surface area contributed by atoms with Crippen LogP contribution in [0.4, 0.5) is 13.9 Å². The third kappa shape index (κ3) is 3.27. The SMILES string of the molecule is CCc1ncc(C(=O)Nc2nc(-c3c(F)cccc3F)cs2)s1. The summed E-state index contributed by atoms with van der Waals surface area (Å²) in [7, 11) is 0. The Hall–Kier alpha value is -2.19. The normalized spacial score (nSPS) is 10.7. The molecule has 0 aliphatic heterocycles. The van der Waals surface area contributed by atoms with Crippen molar-refractivity contribution in [2.24, 2.45) is 0 Å². The van der Waals surface area contributed by atoms with Crippen LogP contribution in [0.1, 0.15) is 21.6 Å². The van der Waals surface area contributed by atoms with Gasteiger partial charge < -0.3 is 0 Å². The fourth-order valence-corrected chi connectivity index (χ4v) is 3.38. The number of nitrogens with one attached hydrogen (secondary N) is 1. The van der Waals surface area contributed by atoms with Crippen molar-refractivity contribution in [1.82, 2.24) is 9.97 Å². The van der Waals surface area contributed by atoms with Crippen molar-refractivity contribution in [2.45, 2.75) is 13.3 Å². The predicted molar refractivity (Wildman–Crippen MR) is 86.9 cm³/mol. The van der Waals surface area contributed by atoms with E-state index < -0.39 is 11.6 Å². The molecule has 1 N–H and O–H groups in total. The second-order valence-electron chi connectivity index (χ2n) is 4.56. The van der Waals surface area contributed by atoms with Crippen LogP contribution in [0.25, 0.3) is 11.3 Å². The van der Waals surface area contributed by atoms with Crippen molar-refractivity contribution in [3.63, 3.8) is 0 Å². The minimum atomic E-state index is -0.691. The van der Waals surface area contributed by atoms with E-state index in [0.29, 0.717) is 4.88 Å². The molecule has 1 aromatic carbocycles. The Labute approximate surface area is 138 Å². The highest BCUT2D eigenvalue weighted by Crippen LogP contribution is 2.29. The number of carbonyl (C=O) groups is 1. The fraction of sp³-hybridized carbons (Fsp3) is 0.133. The van der Waals surface area contributed by atoms with Crippen LogP contribution < -0.4 is 5.32 Å². The van der Waals surface area contributed by atoms with Crippen LogP contribution in [-0.4, -0.2) is 15.9 Å². The zero-order valence-corrected chi connectivity index (χ0v) is 13.6. The maximum Gasteiger partial charge on any atom is 0.269 e. The van der Waals surface area contributed by atoms with E-state index in [0.717, 1.165) is 22.8 Å². The summed E-state index contributed by atoms with van der Waals surface area (Å²) in [6, 6.07) is 3.62. The molecule has 4 nitrogen and oxygen atoms in total. The van der Waals surface area contributed by atoms with E-state index in [1.807, 2.05) is 6.92 Å². The molecular formula is C15H11F2N3OS2. The van der Waals surface area contributed by atoms with Crippen molar-refractivity contribution in [1.29, 1.82) is 0 Å². The van der Waals surface area contributed by atoms with Crippen LogP contribution in [0.15, 0.2) is 29.8 Å². The third-order valence-corrected chi connectivity index (χ3v) is 4.92. The zero-order chi connectivity index (χ0) is 16.4. The number of aromatic nitrogens is 2. The monoisotopic (exact) mass is 351 g/mol. The number of hydrogen-bond donors (Lipinski definition) is 1. The van der Waals surface area contributed by atoms with E-state index in [4.69, 9.17) is 0 Å². The summed E-state index contributed by atoms with van der Waals surface area (Å²) >= 11 is 2.41. The third-order valence-electron chi connectivity index (χ3n) is 3.02. The number of carbonyl (C=O) groups excluding carboxylic acids is 1. The van der Waals surface area contributed by atoms with Gasteiger partial charge in [0, 0.05) is 5.38 Å². The van der Waals surface area contributed by atoms with Crippen LogP contribution in [0, 0.1) is 11.6 Å². The van der Waals surface area contributed by atoms with Crippen molar-refractivity contribution in [3.05, 3.63) is 51.3 Å². The van der Waals surface area contributed by atoms with Crippen molar-refractivity contribution in [2.75, 3.05) is 5.32 Å². The van der Waals surface area contributed by atoms with Crippen LogP contribution in [0.2, 0.25) is 0 Å². The summed E-state index contributed by atoms with van der Waals surface area (Å²) in [5.41, 5.74) is -0.0465. The van der Waals surface area contributed by atoms with Crippen LogP contribution >= 0.6 is 22.7 Å². The van der Waals surface area contributed by atoms with Gasteiger partial charge in [-0.15, -0.1) is 22.7 Å². The highest BCUT2D eigenvalue weighted by molar-refractivity contribution is 7.15. The maximum atomic E-state index is 13.7. The molecule has 3 aromatic rings. The van der Waals surface area contributed by atoms with Gasteiger partial charge in [0.1, 0.15) is 16.5 Å². The summed E-state index contributed by atoms with van der Waals surface area (Å²) in [5, 5.41) is 5.26. The standard InChI is InChI=1S/C15H11F2N3OS2/c1-2-12-18-6-11(23-12)14(21)20-15-19-10(7-22-15)13-8(16)4-3-5-9(13)17/h3-7H,2H2,1H3,(H,19,20,21). The number of hydrogen-bond acceptors (Lipinski definition) is 5.